The van der Waals surface area contributed by atoms with Crippen LogP contribution < -0.4 is 14.8 Å². The Balaban J connectivity index is 1.63. The van der Waals surface area contributed by atoms with Crippen LogP contribution in [0, 0.1) is 0 Å². The van der Waals surface area contributed by atoms with Crippen LogP contribution in [0.3, 0.4) is 0 Å². The second-order valence-corrected chi connectivity index (χ2v) is 6.55. The zero-order chi connectivity index (χ0) is 19.2. The van der Waals surface area contributed by atoms with Crippen LogP contribution in [-0.2, 0) is 11.2 Å². The van der Waals surface area contributed by atoms with Gasteiger partial charge in [-0.25, -0.2) is 0 Å². The average Bonchev–Trinajstić information content (AvgIpc) is 2.71. The van der Waals surface area contributed by atoms with Gasteiger partial charge in [-0.05, 0) is 47.4 Å². The zero-order valence-corrected chi connectivity index (χ0v) is 16.0. The quantitative estimate of drug-likeness (QED) is 0.664. The highest BCUT2D eigenvalue weighted by Crippen LogP contribution is 2.31. The summed E-state index contributed by atoms with van der Waals surface area (Å²) in [6, 6.07) is 20.2. The molecular weight excluding hydrogens is 338 g/mol. The van der Waals surface area contributed by atoms with Gasteiger partial charge in [-0.2, -0.15) is 0 Å². The molecule has 1 amide bonds. The molecule has 0 spiro atoms. The zero-order valence-electron chi connectivity index (χ0n) is 16.0. The molecule has 0 fully saturated rings. The fraction of sp³-hybridized carbons (Fsp3) is 0.261. The molecular formula is C23H25NO3. The first kappa shape index (κ1) is 18.8. The highest BCUT2D eigenvalue weighted by Gasteiger charge is 2.13. The van der Waals surface area contributed by atoms with E-state index in [1.54, 1.807) is 14.2 Å². The lowest BCUT2D eigenvalue weighted by molar-refractivity contribution is -0.121. The van der Waals surface area contributed by atoms with Gasteiger partial charge >= 0.3 is 0 Å². The van der Waals surface area contributed by atoms with Crippen LogP contribution in [0.5, 0.6) is 11.5 Å². The van der Waals surface area contributed by atoms with Gasteiger partial charge in [-0.15, -0.1) is 0 Å². The lowest BCUT2D eigenvalue weighted by atomic mass is 10.0. The highest BCUT2D eigenvalue weighted by atomic mass is 16.5. The van der Waals surface area contributed by atoms with Gasteiger partial charge in [0.05, 0.1) is 20.3 Å². The molecule has 1 N–H and O–H groups in total. The number of hydrogen-bond donors (Lipinski definition) is 1. The Morgan fingerprint density at radius 1 is 0.963 bits per heavy atom. The Hall–Kier alpha value is -3.01. The van der Waals surface area contributed by atoms with E-state index in [0.717, 1.165) is 11.1 Å². The van der Waals surface area contributed by atoms with Crippen molar-refractivity contribution in [3.63, 3.8) is 0 Å². The molecule has 1 atom stereocenters. The van der Waals surface area contributed by atoms with Gasteiger partial charge in [-0.3, -0.25) is 4.79 Å². The van der Waals surface area contributed by atoms with Crippen molar-refractivity contribution in [2.24, 2.45) is 0 Å². The van der Waals surface area contributed by atoms with E-state index in [9.17, 15) is 4.79 Å². The van der Waals surface area contributed by atoms with Gasteiger partial charge < -0.3 is 14.8 Å². The summed E-state index contributed by atoms with van der Waals surface area (Å²) < 4.78 is 10.7. The van der Waals surface area contributed by atoms with Crippen molar-refractivity contribution in [1.29, 1.82) is 0 Å². The van der Waals surface area contributed by atoms with Crippen LogP contribution in [0.1, 0.15) is 30.5 Å². The van der Waals surface area contributed by atoms with Crippen molar-refractivity contribution in [1.82, 2.24) is 5.32 Å². The molecule has 0 aliphatic heterocycles. The molecule has 3 rings (SSSR count). The van der Waals surface area contributed by atoms with Crippen LogP contribution in [0.15, 0.2) is 60.7 Å². The second kappa shape index (κ2) is 8.58. The largest absolute Gasteiger partial charge is 0.493 e. The lowest BCUT2D eigenvalue weighted by Crippen LogP contribution is -2.26. The van der Waals surface area contributed by atoms with Gasteiger partial charge in [0.15, 0.2) is 11.5 Å². The number of hydrogen-bond acceptors (Lipinski definition) is 3. The number of amides is 1. The molecule has 0 saturated heterocycles. The summed E-state index contributed by atoms with van der Waals surface area (Å²) in [7, 11) is 3.23. The first-order valence-electron chi connectivity index (χ1n) is 9.10. The number of para-hydroxylation sites is 1. The van der Waals surface area contributed by atoms with Crippen molar-refractivity contribution in [2.75, 3.05) is 14.2 Å². The minimum Gasteiger partial charge on any atom is -0.493 e. The molecule has 0 unspecified atom stereocenters. The molecule has 4 nitrogen and oxygen atoms in total. The Kier molecular flexibility index (Phi) is 5.97. The number of ether oxygens (including phenoxy) is 2. The second-order valence-electron chi connectivity index (χ2n) is 6.55. The molecule has 3 aromatic rings. The minimum atomic E-state index is -0.0469. The lowest BCUT2D eigenvalue weighted by Gasteiger charge is -2.16. The number of benzene rings is 3. The topological polar surface area (TPSA) is 47.6 Å². The first-order chi connectivity index (χ1) is 13.1. The molecule has 3 aromatic carbocycles. The molecule has 0 bridgehead atoms. The predicted molar refractivity (Wildman–Crippen MR) is 108 cm³/mol. The summed E-state index contributed by atoms with van der Waals surface area (Å²) in [5, 5.41) is 5.46. The van der Waals surface area contributed by atoms with Crippen LogP contribution in [0.4, 0.5) is 0 Å². The highest BCUT2D eigenvalue weighted by molar-refractivity contribution is 5.83. The predicted octanol–water partition coefficient (Wildman–Crippen LogP) is 4.67. The van der Waals surface area contributed by atoms with E-state index in [1.807, 2.05) is 37.3 Å². The summed E-state index contributed by atoms with van der Waals surface area (Å²) >= 11 is 0. The number of nitrogens with one attached hydrogen (secondary N) is 1. The molecule has 0 aliphatic rings. The van der Waals surface area contributed by atoms with Crippen LogP contribution >= 0.6 is 0 Å². The fourth-order valence-electron chi connectivity index (χ4n) is 3.27. The number of carbonyl (C=O) groups excluding carboxylic acids is 1. The van der Waals surface area contributed by atoms with E-state index in [4.69, 9.17) is 9.47 Å². The Bertz CT molecular complexity index is 936. The summed E-state index contributed by atoms with van der Waals surface area (Å²) in [4.78, 5) is 12.4. The molecule has 0 radical (unpaired) electrons. The molecule has 0 aliphatic carbocycles. The van der Waals surface area contributed by atoms with Crippen molar-refractivity contribution >= 4 is 16.7 Å². The van der Waals surface area contributed by atoms with Gasteiger partial charge in [-0.1, -0.05) is 48.5 Å². The third-order valence-corrected chi connectivity index (χ3v) is 4.76. The number of rotatable bonds is 7. The van der Waals surface area contributed by atoms with Crippen LogP contribution in [0.2, 0.25) is 0 Å². The summed E-state index contributed by atoms with van der Waals surface area (Å²) in [6.45, 7) is 2.01. The molecule has 0 saturated carbocycles. The molecule has 140 valence electrons. The van der Waals surface area contributed by atoms with Crippen LogP contribution in [-0.4, -0.2) is 20.1 Å². The van der Waals surface area contributed by atoms with Gasteiger partial charge in [0.2, 0.25) is 5.91 Å². The van der Waals surface area contributed by atoms with E-state index in [0.29, 0.717) is 24.3 Å². The van der Waals surface area contributed by atoms with Crippen molar-refractivity contribution in [3.05, 3.63) is 71.8 Å². The summed E-state index contributed by atoms with van der Waals surface area (Å²) in [5.74, 6) is 1.39. The fourth-order valence-corrected chi connectivity index (χ4v) is 3.27. The van der Waals surface area contributed by atoms with E-state index in [1.165, 1.54) is 10.8 Å². The number of carbonyl (C=O) groups is 1. The van der Waals surface area contributed by atoms with Gasteiger partial charge in [0.1, 0.15) is 0 Å². The normalized spacial score (nSPS) is 11.8. The third-order valence-electron chi connectivity index (χ3n) is 4.76. The van der Waals surface area contributed by atoms with Crippen molar-refractivity contribution < 1.29 is 14.3 Å². The van der Waals surface area contributed by atoms with Crippen molar-refractivity contribution in [2.45, 2.75) is 25.8 Å². The van der Waals surface area contributed by atoms with E-state index in [2.05, 4.69) is 35.6 Å². The van der Waals surface area contributed by atoms with Crippen LogP contribution in [0.25, 0.3) is 10.8 Å². The molecule has 4 heteroatoms. The maximum absolute atomic E-state index is 12.4. The Labute approximate surface area is 160 Å². The maximum atomic E-state index is 12.4. The Morgan fingerprint density at radius 2 is 1.74 bits per heavy atom. The SMILES string of the molecule is COc1cccc(CCC(=O)N[C@H](C)c2ccc3ccccc3c2)c1OC. The van der Waals surface area contributed by atoms with E-state index in [-0.39, 0.29) is 11.9 Å². The van der Waals surface area contributed by atoms with E-state index < -0.39 is 0 Å². The summed E-state index contributed by atoms with van der Waals surface area (Å²) in [5.41, 5.74) is 2.06. The molecule has 0 aromatic heterocycles. The first-order valence-corrected chi connectivity index (χ1v) is 9.10. The standard InChI is InChI=1S/C23H25NO3/c1-16(19-12-11-17-7-4-5-8-20(17)15-19)24-22(25)14-13-18-9-6-10-21(26-2)23(18)27-3/h4-12,15-16H,13-14H2,1-3H3,(H,24,25)/t16-/m1/s1. The Morgan fingerprint density at radius 3 is 2.48 bits per heavy atom. The minimum absolute atomic E-state index is 0.0144. The molecule has 0 heterocycles. The van der Waals surface area contributed by atoms with Crippen molar-refractivity contribution in [3.8, 4) is 11.5 Å². The summed E-state index contributed by atoms with van der Waals surface area (Å²) in [6.07, 6.45) is 0.984. The maximum Gasteiger partial charge on any atom is 0.220 e. The van der Waals surface area contributed by atoms with Gasteiger partial charge in [0.25, 0.3) is 0 Å². The molecule has 27 heavy (non-hydrogen) atoms. The number of methoxy groups -OCH3 is 2. The van der Waals surface area contributed by atoms with E-state index >= 15 is 0 Å². The smallest absolute Gasteiger partial charge is 0.220 e. The monoisotopic (exact) mass is 363 g/mol. The number of aryl methyl sites for hydroxylation is 1. The number of fused-ring (bicyclic) bond motifs is 1. The third kappa shape index (κ3) is 4.40. The van der Waals surface area contributed by atoms with Gasteiger partial charge in [0, 0.05) is 6.42 Å². The average molecular weight is 363 g/mol.